The lowest BCUT2D eigenvalue weighted by molar-refractivity contribution is -0.139. The first-order valence-corrected chi connectivity index (χ1v) is 5.59. The quantitative estimate of drug-likeness (QED) is 0.501. The van der Waals surface area contributed by atoms with Gasteiger partial charge in [0.15, 0.2) is 0 Å². The number of nitrogens with one attached hydrogen (secondary N) is 1. The van der Waals surface area contributed by atoms with E-state index in [0.717, 1.165) is 4.88 Å². The number of esters is 1. The Morgan fingerprint density at radius 1 is 1.53 bits per heavy atom. The monoisotopic (exact) mass is 256 g/mol. The van der Waals surface area contributed by atoms with E-state index in [9.17, 15) is 9.59 Å². The van der Waals surface area contributed by atoms with Crippen LogP contribution in [-0.4, -0.2) is 31.5 Å². The first-order valence-electron chi connectivity index (χ1n) is 4.71. The second kappa shape index (κ2) is 6.64. The molecule has 0 saturated heterocycles. The molecule has 0 aliphatic heterocycles. The molecule has 0 aromatic carbocycles. The average molecular weight is 256 g/mol. The molecule has 0 saturated carbocycles. The van der Waals surface area contributed by atoms with Gasteiger partial charge in [0.1, 0.15) is 12.3 Å². The van der Waals surface area contributed by atoms with Crippen LogP contribution in [0.15, 0.2) is 22.6 Å². The van der Waals surface area contributed by atoms with Crippen LogP contribution in [0.3, 0.4) is 0 Å². The van der Waals surface area contributed by atoms with Crippen LogP contribution in [0.1, 0.15) is 11.8 Å². The lowest BCUT2D eigenvalue weighted by atomic mass is 10.3. The molecule has 6 nitrogen and oxygen atoms in total. The van der Waals surface area contributed by atoms with E-state index in [4.69, 9.17) is 4.74 Å². The van der Waals surface area contributed by atoms with Crippen LogP contribution in [0.4, 0.5) is 4.79 Å². The molecular weight excluding hydrogens is 244 g/mol. The van der Waals surface area contributed by atoms with Crippen molar-refractivity contribution in [2.75, 3.05) is 13.7 Å². The van der Waals surface area contributed by atoms with Crippen molar-refractivity contribution >= 4 is 29.1 Å². The number of hydrogen-bond donors (Lipinski definition) is 1. The first kappa shape index (κ1) is 13.2. The van der Waals surface area contributed by atoms with Crippen LogP contribution in [0, 0.1) is 0 Å². The van der Waals surface area contributed by atoms with Gasteiger partial charge in [0.2, 0.25) is 0 Å². The molecule has 0 aliphatic carbocycles. The largest absolute Gasteiger partial charge is 0.459 e. The van der Waals surface area contributed by atoms with Crippen molar-refractivity contribution in [3.63, 3.8) is 0 Å². The van der Waals surface area contributed by atoms with Crippen molar-refractivity contribution in [2.24, 2.45) is 5.10 Å². The number of nitrogens with zero attached hydrogens (tertiary/aromatic N) is 1. The first-order chi connectivity index (χ1) is 8.13. The highest BCUT2D eigenvalue weighted by Gasteiger charge is 2.08. The van der Waals surface area contributed by atoms with Gasteiger partial charge >= 0.3 is 12.1 Å². The van der Waals surface area contributed by atoms with Crippen LogP contribution >= 0.6 is 11.3 Å². The molecule has 0 bridgehead atoms. The minimum atomic E-state index is -0.679. The number of carbonyl (C=O) groups is 2. The molecule has 1 heterocycles. The summed E-state index contributed by atoms with van der Waals surface area (Å²) in [5.74, 6) is -0.410. The number of hydrogen-bond acceptors (Lipinski definition) is 6. The summed E-state index contributed by atoms with van der Waals surface area (Å²) in [4.78, 5) is 22.4. The van der Waals surface area contributed by atoms with E-state index < -0.39 is 12.1 Å². The van der Waals surface area contributed by atoms with Crippen molar-refractivity contribution in [1.82, 2.24) is 5.43 Å². The van der Waals surface area contributed by atoms with Crippen molar-refractivity contribution in [3.05, 3.63) is 22.4 Å². The van der Waals surface area contributed by atoms with Crippen molar-refractivity contribution in [2.45, 2.75) is 6.92 Å². The summed E-state index contributed by atoms with van der Waals surface area (Å²) in [7, 11) is 1.24. The van der Waals surface area contributed by atoms with Crippen LogP contribution in [-0.2, 0) is 14.3 Å². The summed E-state index contributed by atoms with van der Waals surface area (Å²) in [6.45, 7) is 1.31. The Hall–Kier alpha value is -1.89. The number of amides is 1. The molecule has 1 aromatic rings. The molecule has 7 heteroatoms. The van der Waals surface area contributed by atoms with E-state index in [1.165, 1.54) is 25.4 Å². The van der Waals surface area contributed by atoms with E-state index >= 15 is 0 Å². The van der Waals surface area contributed by atoms with Gasteiger partial charge in [-0.25, -0.2) is 10.2 Å². The second-order valence-electron chi connectivity index (χ2n) is 2.92. The Labute approximate surface area is 102 Å². The van der Waals surface area contributed by atoms with Crippen LogP contribution in [0.25, 0.3) is 0 Å². The van der Waals surface area contributed by atoms with Gasteiger partial charge in [-0.1, -0.05) is 6.07 Å². The molecule has 0 aliphatic rings. The van der Waals surface area contributed by atoms with Gasteiger partial charge in [-0.3, -0.25) is 4.79 Å². The van der Waals surface area contributed by atoms with Gasteiger partial charge in [-0.2, -0.15) is 5.10 Å². The maximum absolute atomic E-state index is 10.9. The summed E-state index contributed by atoms with van der Waals surface area (Å²) in [6.07, 6.45) is -0.679. The predicted molar refractivity (Wildman–Crippen MR) is 63.0 cm³/mol. The summed E-state index contributed by atoms with van der Waals surface area (Å²) in [5, 5.41) is 5.69. The third-order valence-electron chi connectivity index (χ3n) is 1.69. The Morgan fingerprint density at radius 2 is 2.29 bits per heavy atom. The third kappa shape index (κ3) is 4.64. The van der Waals surface area contributed by atoms with E-state index in [2.05, 4.69) is 15.3 Å². The molecule has 92 valence electrons. The average Bonchev–Trinajstić information content (AvgIpc) is 2.81. The molecule has 0 atom stereocenters. The van der Waals surface area contributed by atoms with Crippen LogP contribution in [0.5, 0.6) is 0 Å². The molecule has 1 amide bonds. The van der Waals surface area contributed by atoms with Gasteiger partial charge < -0.3 is 9.47 Å². The zero-order valence-electron chi connectivity index (χ0n) is 9.43. The molecule has 1 rings (SSSR count). The number of ether oxygens (including phenoxy) is 2. The number of methoxy groups -OCH3 is 1. The SMILES string of the molecule is COC(=O)N/N=C(\COC(C)=O)c1cccs1. The van der Waals surface area contributed by atoms with Crippen LogP contribution in [0.2, 0.25) is 0 Å². The molecule has 0 spiro atoms. The van der Waals surface area contributed by atoms with Gasteiger partial charge in [-0.05, 0) is 11.4 Å². The van der Waals surface area contributed by atoms with Gasteiger partial charge in [0.05, 0.1) is 12.0 Å². The summed E-state index contributed by atoms with van der Waals surface area (Å²) >= 11 is 1.43. The summed E-state index contributed by atoms with van der Waals surface area (Å²) in [6, 6.07) is 3.65. The van der Waals surface area contributed by atoms with E-state index in [1.54, 1.807) is 0 Å². The fraction of sp³-hybridized carbons (Fsp3) is 0.300. The minimum absolute atomic E-state index is 0.000158. The molecule has 1 N–H and O–H groups in total. The molecule has 0 fully saturated rings. The van der Waals surface area contributed by atoms with Crippen molar-refractivity contribution in [3.8, 4) is 0 Å². The smallest absolute Gasteiger partial charge is 0.427 e. The van der Waals surface area contributed by atoms with E-state index in [0.29, 0.717) is 5.71 Å². The Kier molecular flexibility index (Phi) is 5.15. The highest BCUT2D eigenvalue weighted by Crippen LogP contribution is 2.10. The number of hydrazone groups is 1. The standard InChI is InChI=1S/C10H12N2O4S/c1-7(13)16-6-8(9-4-3-5-17-9)11-12-10(14)15-2/h3-5H,6H2,1-2H3,(H,12,14)/b11-8+. The minimum Gasteiger partial charge on any atom is -0.459 e. The highest BCUT2D eigenvalue weighted by molar-refractivity contribution is 7.12. The van der Waals surface area contributed by atoms with Crippen molar-refractivity contribution < 1.29 is 19.1 Å². The van der Waals surface area contributed by atoms with E-state index in [-0.39, 0.29) is 6.61 Å². The lowest BCUT2D eigenvalue weighted by Crippen LogP contribution is -2.22. The summed E-state index contributed by atoms with van der Waals surface area (Å²) in [5.41, 5.74) is 2.65. The normalized spacial score (nSPS) is 10.8. The molecule has 17 heavy (non-hydrogen) atoms. The molecule has 0 unspecified atom stereocenters. The highest BCUT2D eigenvalue weighted by atomic mass is 32.1. The molecule has 0 radical (unpaired) electrons. The van der Waals surface area contributed by atoms with Gasteiger partial charge in [-0.15, -0.1) is 11.3 Å². The second-order valence-corrected chi connectivity index (χ2v) is 3.87. The zero-order chi connectivity index (χ0) is 12.7. The number of thiophene rings is 1. The van der Waals surface area contributed by atoms with Gasteiger partial charge in [0.25, 0.3) is 0 Å². The fourth-order valence-corrected chi connectivity index (χ4v) is 1.63. The Morgan fingerprint density at radius 3 is 2.82 bits per heavy atom. The van der Waals surface area contributed by atoms with Crippen LogP contribution < -0.4 is 5.43 Å². The number of rotatable bonds is 4. The zero-order valence-corrected chi connectivity index (χ0v) is 10.2. The number of carbonyl (C=O) groups excluding carboxylic acids is 2. The maximum Gasteiger partial charge on any atom is 0.427 e. The Balaban J connectivity index is 2.72. The van der Waals surface area contributed by atoms with E-state index in [1.807, 2.05) is 17.5 Å². The fourth-order valence-electron chi connectivity index (χ4n) is 0.930. The maximum atomic E-state index is 10.9. The van der Waals surface area contributed by atoms with Crippen molar-refractivity contribution in [1.29, 1.82) is 0 Å². The predicted octanol–water partition coefficient (Wildman–Crippen LogP) is 1.37. The molecular formula is C10H12N2O4S. The summed E-state index contributed by atoms with van der Waals surface area (Å²) < 4.78 is 9.22. The topological polar surface area (TPSA) is 77.0 Å². The third-order valence-corrected chi connectivity index (χ3v) is 2.60. The molecule has 1 aromatic heterocycles. The Bertz CT molecular complexity index is 414. The lowest BCUT2D eigenvalue weighted by Gasteiger charge is -2.05. The van der Waals surface area contributed by atoms with Gasteiger partial charge in [0, 0.05) is 6.92 Å².